The van der Waals surface area contributed by atoms with E-state index in [4.69, 9.17) is 16.3 Å². The quantitative estimate of drug-likeness (QED) is 0.870. The van der Waals surface area contributed by atoms with E-state index in [1.54, 1.807) is 36.2 Å². The van der Waals surface area contributed by atoms with E-state index < -0.39 is 0 Å². The van der Waals surface area contributed by atoms with Gasteiger partial charge in [-0.25, -0.2) is 4.79 Å². The van der Waals surface area contributed by atoms with Crippen molar-refractivity contribution in [1.29, 1.82) is 0 Å². The molecule has 0 spiro atoms. The summed E-state index contributed by atoms with van der Waals surface area (Å²) in [6.45, 7) is 0.914. The number of likely N-dealkylation sites (tertiary alicyclic amines) is 1. The number of nitrogens with zero attached hydrogens (tertiary/aromatic N) is 1. The Bertz CT molecular complexity index is 595. The molecule has 2 fully saturated rings. The SMILES string of the molecule is CNC(=O)C1CC2CN(C(=O)Nc3cccc(Cl)c3)CC1O2. The number of nitrogens with one attached hydrogen (secondary N) is 2. The number of urea groups is 1. The largest absolute Gasteiger partial charge is 0.370 e. The number of ether oxygens (including phenoxy) is 1. The van der Waals surface area contributed by atoms with E-state index in [2.05, 4.69) is 10.6 Å². The van der Waals surface area contributed by atoms with Crippen molar-refractivity contribution in [2.45, 2.75) is 18.6 Å². The molecule has 0 saturated carbocycles. The number of halogens is 1. The van der Waals surface area contributed by atoms with Crippen LogP contribution in [0.1, 0.15) is 6.42 Å². The minimum absolute atomic E-state index is 0.0235. The molecule has 3 amide bonds. The normalized spacial score (nSPS) is 26.6. The van der Waals surface area contributed by atoms with Crippen LogP contribution >= 0.6 is 11.6 Å². The topological polar surface area (TPSA) is 70.7 Å². The Morgan fingerprint density at radius 3 is 2.91 bits per heavy atom. The third-order valence-electron chi connectivity index (χ3n) is 4.10. The summed E-state index contributed by atoms with van der Waals surface area (Å²) in [6.07, 6.45) is 0.348. The van der Waals surface area contributed by atoms with Gasteiger partial charge in [0.25, 0.3) is 0 Å². The van der Waals surface area contributed by atoms with Gasteiger partial charge in [0.2, 0.25) is 5.91 Å². The molecular formula is C15H18ClN3O3. The van der Waals surface area contributed by atoms with Crippen LogP contribution in [-0.4, -0.2) is 49.2 Å². The first-order chi connectivity index (χ1) is 10.6. The maximum absolute atomic E-state index is 12.4. The predicted molar refractivity (Wildman–Crippen MR) is 82.9 cm³/mol. The van der Waals surface area contributed by atoms with Gasteiger partial charge in [-0.05, 0) is 24.6 Å². The zero-order valence-corrected chi connectivity index (χ0v) is 13.0. The molecule has 3 atom stereocenters. The number of benzene rings is 1. The fourth-order valence-electron chi connectivity index (χ4n) is 3.05. The average molecular weight is 324 g/mol. The third-order valence-corrected chi connectivity index (χ3v) is 4.34. The van der Waals surface area contributed by atoms with Gasteiger partial charge in [0.15, 0.2) is 0 Å². The van der Waals surface area contributed by atoms with Crippen LogP contribution in [-0.2, 0) is 9.53 Å². The number of hydrogen-bond donors (Lipinski definition) is 2. The first-order valence-corrected chi connectivity index (χ1v) is 7.63. The van der Waals surface area contributed by atoms with Crippen molar-refractivity contribution in [3.8, 4) is 0 Å². The van der Waals surface area contributed by atoms with Gasteiger partial charge in [-0.2, -0.15) is 0 Å². The van der Waals surface area contributed by atoms with Crippen LogP contribution in [0.2, 0.25) is 5.02 Å². The van der Waals surface area contributed by atoms with E-state index in [1.165, 1.54) is 0 Å². The number of rotatable bonds is 2. The highest BCUT2D eigenvalue weighted by atomic mass is 35.5. The molecule has 0 radical (unpaired) electrons. The summed E-state index contributed by atoms with van der Waals surface area (Å²) in [5.74, 6) is -0.205. The molecule has 118 valence electrons. The molecule has 3 unspecified atom stereocenters. The van der Waals surface area contributed by atoms with Crippen LogP contribution in [0.25, 0.3) is 0 Å². The third kappa shape index (κ3) is 3.03. The maximum atomic E-state index is 12.4. The summed E-state index contributed by atoms with van der Waals surface area (Å²) in [5.41, 5.74) is 0.652. The molecule has 2 bridgehead atoms. The zero-order valence-electron chi connectivity index (χ0n) is 12.2. The van der Waals surface area contributed by atoms with Gasteiger partial charge in [0, 0.05) is 30.8 Å². The first kappa shape index (κ1) is 15.1. The van der Waals surface area contributed by atoms with Gasteiger partial charge in [-0.1, -0.05) is 17.7 Å². The Kier molecular flexibility index (Phi) is 4.22. The summed E-state index contributed by atoms with van der Waals surface area (Å²) in [5, 5.41) is 6.05. The Hall–Kier alpha value is -1.79. The molecule has 1 aromatic rings. The fraction of sp³-hybridized carbons (Fsp3) is 0.467. The molecule has 2 heterocycles. The van der Waals surface area contributed by atoms with Crippen molar-refractivity contribution < 1.29 is 14.3 Å². The lowest BCUT2D eigenvalue weighted by Gasteiger charge is -2.32. The lowest BCUT2D eigenvalue weighted by atomic mass is 10.00. The minimum atomic E-state index is -0.233. The van der Waals surface area contributed by atoms with E-state index in [0.717, 1.165) is 0 Å². The van der Waals surface area contributed by atoms with Gasteiger partial charge >= 0.3 is 6.03 Å². The smallest absolute Gasteiger partial charge is 0.322 e. The fourth-order valence-corrected chi connectivity index (χ4v) is 3.24. The molecule has 3 rings (SSSR count). The van der Waals surface area contributed by atoms with Crippen LogP contribution in [0.5, 0.6) is 0 Å². The summed E-state index contributed by atoms with van der Waals surface area (Å²) in [7, 11) is 1.62. The summed E-state index contributed by atoms with van der Waals surface area (Å²) in [6, 6.07) is 6.81. The molecule has 22 heavy (non-hydrogen) atoms. The highest BCUT2D eigenvalue weighted by molar-refractivity contribution is 6.30. The van der Waals surface area contributed by atoms with Crippen LogP contribution in [0.3, 0.4) is 0 Å². The van der Waals surface area contributed by atoms with Gasteiger partial charge < -0.3 is 20.3 Å². The monoisotopic (exact) mass is 323 g/mol. The molecule has 2 saturated heterocycles. The van der Waals surface area contributed by atoms with Crippen LogP contribution in [0, 0.1) is 5.92 Å². The van der Waals surface area contributed by atoms with E-state index in [-0.39, 0.29) is 30.1 Å². The Balaban J connectivity index is 1.64. The van der Waals surface area contributed by atoms with E-state index in [0.29, 0.717) is 30.2 Å². The van der Waals surface area contributed by atoms with Crippen molar-refractivity contribution >= 4 is 29.2 Å². The van der Waals surface area contributed by atoms with Crippen molar-refractivity contribution in [3.63, 3.8) is 0 Å². The van der Waals surface area contributed by atoms with Gasteiger partial charge in [-0.15, -0.1) is 0 Å². The van der Waals surface area contributed by atoms with E-state index in [1.807, 2.05) is 0 Å². The highest BCUT2D eigenvalue weighted by Gasteiger charge is 2.45. The second-order valence-electron chi connectivity index (χ2n) is 5.60. The minimum Gasteiger partial charge on any atom is -0.370 e. The number of carbonyl (C=O) groups excluding carboxylic acids is 2. The predicted octanol–water partition coefficient (Wildman–Crippen LogP) is 1.71. The van der Waals surface area contributed by atoms with Gasteiger partial charge in [-0.3, -0.25) is 4.79 Å². The number of hydrogen-bond acceptors (Lipinski definition) is 3. The number of anilines is 1. The van der Waals surface area contributed by atoms with Crippen LogP contribution < -0.4 is 10.6 Å². The molecule has 1 aromatic carbocycles. The number of amides is 3. The van der Waals surface area contributed by atoms with Crippen molar-refractivity contribution in [2.24, 2.45) is 5.92 Å². The molecule has 7 heteroatoms. The lowest BCUT2D eigenvalue weighted by Crippen LogP contribution is -2.49. The van der Waals surface area contributed by atoms with Gasteiger partial charge in [0.1, 0.15) is 0 Å². The molecule has 2 aliphatic heterocycles. The number of morpholine rings is 1. The highest BCUT2D eigenvalue weighted by Crippen LogP contribution is 2.32. The first-order valence-electron chi connectivity index (χ1n) is 7.25. The molecule has 2 aliphatic rings. The van der Waals surface area contributed by atoms with Crippen LogP contribution in [0.15, 0.2) is 24.3 Å². The summed E-state index contributed by atoms with van der Waals surface area (Å²) < 4.78 is 5.78. The molecule has 2 N–H and O–H groups in total. The molecule has 0 aliphatic carbocycles. The number of fused-ring (bicyclic) bond motifs is 2. The Morgan fingerprint density at radius 2 is 2.18 bits per heavy atom. The lowest BCUT2D eigenvalue weighted by molar-refractivity contribution is -0.127. The van der Waals surface area contributed by atoms with Crippen LogP contribution in [0.4, 0.5) is 10.5 Å². The zero-order chi connectivity index (χ0) is 15.7. The molecular weight excluding hydrogens is 306 g/mol. The standard InChI is InChI=1S/C15H18ClN3O3/c1-17-14(20)12-6-11-7-19(8-13(12)22-11)15(21)18-10-4-2-3-9(16)5-10/h2-5,11-13H,6-8H2,1H3,(H,17,20)(H,18,21). The van der Waals surface area contributed by atoms with E-state index in [9.17, 15) is 9.59 Å². The summed E-state index contributed by atoms with van der Waals surface area (Å²) in [4.78, 5) is 25.9. The Labute approximate surface area is 133 Å². The second-order valence-corrected chi connectivity index (χ2v) is 6.03. The Morgan fingerprint density at radius 1 is 1.36 bits per heavy atom. The molecule has 6 nitrogen and oxygen atoms in total. The van der Waals surface area contributed by atoms with Gasteiger partial charge in [0.05, 0.1) is 18.1 Å². The molecule has 0 aromatic heterocycles. The van der Waals surface area contributed by atoms with Crippen molar-refractivity contribution in [3.05, 3.63) is 29.3 Å². The number of carbonyl (C=O) groups is 2. The summed E-state index contributed by atoms with van der Waals surface area (Å²) >= 11 is 5.91. The van der Waals surface area contributed by atoms with Crippen molar-refractivity contribution in [1.82, 2.24) is 10.2 Å². The maximum Gasteiger partial charge on any atom is 0.322 e. The van der Waals surface area contributed by atoms with Crippen molar-refractivity contribution in [2.75, 3.05) is 25.5 Å². The van der Waals surface area contributed by atoms with E-state index >= 15 is 0 Å². The average Bonchev–Trinajstić information content (AvgIpc) is 2.80. The second kappa shape index (κ2) is 6.14.